The summed E-state index contributed by atoms with van der Waals surface area (Å²) < 4.78 is 31.2. The summed E-state index contributed by atoms with van der Waals surface area (Å²) in [5.41, 5.74) is 6.04. The van der Waals surface area contributed by atoms with Gasteiger partial charge in [0.25, 0.3) is 0 Å². The highest BCUT2D eigenvalue weighted by molar-refractivity contribution is 5.69. The first kappa shape index (κ1) is 11.7. The summed E-state index contributed by atoms with van der Waals surface area (Å²) in [5.74, 6) is -1.20. The Kier molecular flexibility index (Phi) is 3.80. The van der Waals surface area contributed by atoms with Crippen molar-refractivity contribution in [3.8, 4) is 5.75 Å². The van der Waals surface area contributed by atoms with E-state index in [1.54, 1.807) is 0 Å². The van der Waals surface area contributed by atoms with E-state index < -0.39 is 11.6 Å². The molecule has 0 aromatic heterocycles. The smallest absolute Gasteiger partial charge is 0.137 e. The Morgan fingerprint density at radius 1 is 1.47 bits per heavy atom. The number of benzene rings is 1. The molecule has 0 spiro atoms. The van der Waals surface area contributed by atoms with E-state index in [9.17, 15) is 8.78 Å². The largest absolute Gasteiger partial charge is 0.496 e. The molecule has 0 fully saturated rings. The zero-order chi connectivity index (χ0) is 11.4. The predicted octanol–water partition coefficient (Wildman–Crippen LogP) is 2.34. The molecular weight excluding hydrogens is 200 g/mol. The van der Waals surface area contributed by atoms with Crippen LogP contribution in [0.4, 0.5) is 8.78 Å². The van der Waals surface area contributed by atoms with Crippen LogP contribution in [0, 0.1) is 11.6 Å². The number of rotatable bonds is 4. The van der Waals surface area contributed by atoms with Crippen LogP contribution in [-0.4, -0.2) is 13.7 Å². The molecule has 2 N–H and O–H groups in total. The highest BCUT2D eigenvalue weighted by atomic mass is 19.1. The lowest BCUT2D eigenvalue weighted by molar-refractivity contribution is 0.405. The molecule has 2 nitrogen and oxygen atoms in total. The normalized spacial score (nSPS) is 10.1. The van der Waals surface area contributed by atoms with Crippen molar-refractivity contribution in [2.24, 2.45) is 5.73 Å². The predicted molar refractivity (Wildman–Crippen MR) is 55.6 cm³/mol. The van der Waals surface area contributed by atoms with E-state index >= 15 is 0 Å². The van der Waals surface area contributed by atoms with Crippen molar-refractivity contribution in [3.05, 3.63) is 35.9 Å². The van der Waals surface area contributed by atoms with Gasteiger partial charge in [0.15, 0.2) is 0 Å². The number of hydrogen-bond acceptors (Lipinski definition) is 2. The molecule has 0 amide bonds. The monoisotopic (exact) mass is 213 g/mol. The van der Waals surface area contributed by atoms with Gasteiger partial charge in [0.05, 0.1) is 12.7 Å². The van der Waals surface area contributed by atoms with E-state index in [4.69, 9.17) is 10.5 Å². The Bertz CT molecular complexity index is 377. The lowest BCUT2D eigenvalue weighted by Gasteiger charge is -2.11. The molecule has 0 aliphatic rings. The third-order valence-electron chi connectivity index (χ3n) is 2.04. The molecule has 82 valence electrons. The van der Waals surface area contributed by atoms with E-state index in [-0.39, 0.29) is 11.3 Å². The SMILES string of the molecule is C=C(CCN)c1c(F)cc(F)cc1OC. The Hall–Kier alpha value is -1.42. The molecule has 0 aliphatic heterocycles. The number of nitrogens with two attached hydrogens (primary N) is 1. The average molecular weight is 213 g/mol. The first-order valence-corrected chi connectivity index (χ1v) is 4.51. The molecule has 0 saturated heterocycles. The van der Waals surface area contributed by atoms with Gasteiger partial charge in [-0.3, -0.25) is 0 Å². The summed E-state index contributed by atoms with van der Waals surface area (Å²) in [6.45, 7) is 4.05. The van der Waals surface area contributed by atoms with Crippen LogP contribution in [0.3, 0.4) is 0 Å². The molecule has 0 radical (unpaired) electrons. The molecule has 1 aromatic rings. The first-order valence-electron chi connectivity index (χ1n) is 4.51. The second-order valence-corrected chi connectivity index (χ2v) is 3.11. The van der Waals surface area contributed by atoms with Gasteiger partial charge in [-0.2, -0.15) is 0 Å². The quantitative estimate of drug-likeness (QED) is 0.833. The standard InChI is InChI=1S/C11H13F2NO/c1-7(3-4-14)11-9(13)5-8(12)6-10(11)15-2/h5-6H,1,3-4,14H2,2H3. The summed E-state index contributed by atoms with van der Waals surface area (Å²) in [6, 6.07) is 1.93. The van der Waals surface area contributed by atoms with Crippen LogP contribution in [0.25, 0.3) is 5.57 Å². The minimum atomic E-state index is -0.676. The topological polar surface area (TPSA) is 35.2 Å². The zero-order valence-electron chi connectivity index (χ0n) is 8.52. The zero-order valence-corrected chi connectivity index (χ0v) is 8.52. The first-order chi connectivity index (χ1) is 7.10. The van der Waals surface area contributed by atoms with Crippen molar-refractivity contribution in [2.75, 3.05) is 13.7 Å². The molecule has 1 rings (SSSR count). The van der Waals surface area contributed by atoms with E-state index in [1.807, 2.05) is 0 Å². The Balaban J connectivity index is 3.20. The van der Waals surface area contributed by atoms with E-state index in [1.165, 1.54) is 7.11 Å². The molecule has 4 heteroatoms. The summed E-state index contributed by atoms with van der Waals surface area (Å²) in [5, 5.41) is 0. The van der Waals surface area contributed by atoms with E-state index in [0.29, 0.717) is 18.5 Å². The fourth-order valence-electron chi connectivity index (χ4n) is 1.35. The molecule has 0 atom stereocenters. The Morgan fingerprint density at radius 2 is 2.13 bits per heavy atom. The van der Waals surface area contributed by atoms with Crippen LogP contribution >= 0.6 is 0 Å². The third-order valence-corrected chi connectivity index (χ3v) is 2.04. The van der Waals surface area contributed by atoms with Gasteiger partial charge in [-0.25, -0.2) is 8.78 Å². The highest BCUT2D eigenvalue weighted by Crippen LogP contribution is 2.30. The van der Waals surface area contributed by atoms with Crippen LogP contribution in [0.2, 0.25) is 0 Å². The van der Waals surface area contributed by atoms with Gasteiger partial charge in [-0.15, -0.1) is 0 Å². The van der Waals surface area contributed by atoms with Crippen LogP contribution in [0.1, 0.15) is 12.0 Å². The van der Waals surface area contributed by atoms with Gasteiger partial charge in [-0.05, 0) is 18.5 Å². The highest BCUT2D eigenvalue weighted by Gasteiger charge is 2.14. The fourth-order valence-corrected chi connectivity index (χ4v) is 1.35. The number of hydrogen-bond donors (Lipinski definition) is 1. The molecule has 0 aliphatic carbocycles. The van der Waals surface area contributed by atoms with Gasteiger partial charge in [0, 0.05) is 12.1 Å². The second-order valence-electron chi connectivity index (χ2n) is 3.11. The summed E-state index contributed by atoms with van der Waals surface area (Å²) in [6.07, 6.45) is 0.443. The van der Waals surface area contributed by atoms with Crippen molar-refractivity contribution in [3.63, 3.8) is 0 Å². The maximum absolute atomic E-state index is 13.5. The van der Waals surface area contributed by atoms with Gasteiger partial charge in [0.1, 0.15) is 17.4 Å². The lowest BCUT2D eigenvalue weighted by Crippen LogP contribution is -2.02. The molecule has 0 saturated carbocycles. The van der Waals surface area contributed by atoms with E-state index in [0.717, 1.165) is 12.1 Å². The molecule has 1 aromatic carbocycles. The van der Waals surface area contributed by atoms with Gasteiger partial charge in [0.2, 0.25) is 0 Å². The van der Waals surface area contributed by atoms with Crippen molar-refractivity contribution in [2.45, 2.75) is 6.42 Å². The van der Waals surface area contributed by atoms with Crippen LogP contribution < -0.4 is 10.5 Å². The number of halogens is 2. The summed E-state index contributed by atoms with van der Waals surface area (Å²) in [4.78, 5) is 0. The van der Waals surface area contributed by atoms with Crippen molar-refractivity contribution >= 4 is 5.57 Å². The van der Waals surface area contributed by atoms with Crippen molar-refractivity contribution in [1.82, 2.24) is 0 Å². The minimum Gasteiger partial charge on any atom is -0.496 e. The van der Waals surface area contributed by atoms with Gasteiger partial charge in [-0.1, -0.05) is 6.58 Å². The maximum Gasteiger partial charge on any atom is 0.137 e. The van der Waals surface area contributed by atoms with E-state index in [2.05, 4.69) is 6.58 Å². The molecule has 15 heavy (non-hydrogen) atoms. The summed E-state index contributed by atoms with van der Waals surface area (Å²) in [7, 11) is 1.35. The van der Waals surface area contributed by atoms with Crippen molar-refractivity contribution in [1.29, 1.82) is 0 Å². The molecule has 0 heterocycles. The molecule has 0 unspecified atom stereocenters. The average Bonchev–Trinajstić information content (AvgIpc) is 2.16. The van der Waals surface area contributed by atoms with Crippen LogP contribution in [0.15, 0.2) is 18.7 Å². The van der Waals surface area contributed by atoms with Gasteiger partial charge >= 0.3 is 0 Å². The maximum atomic E-state index is 13.5. The second kappa shape index (κ2) is 4.89. The molecular formula is C11H13F2NO. The number of methoxy groups -OCH3 is 1. The molecule has 0 bridgehead atoms. The van der Waals surface area contributed by atoms with Crippen LogP contribution in [-0.2, 0) is 0 Å². The Labute approximate surface area is 87.4 Å². The van der Waals surface area contributed by atoms with Crippen LogP contribution in [0.5, 0.6) is 5.75 Å². The Morgan fingerprint density at radius 3 is 2.67 bits per heavy atom. The fraction of sp³-hybridized carbons (Fsp3) is 0.273. The summed E-state index contributed by atoms with van der Waals surface area (Å²) >= 11 is 0. The van der Waals surface area contributed by atoms with Crippen molar-refractivity contribution < 1.29 is 13.5 Å². The van der Waals surface area contributed by atoms with Gasteiger partial charge < -0.3 is 10.5 Å². The third kappa shape index (κ3) is 2.53. The lowest BCUT2D eigenvalue weighted by atomic mass is 10.0. The minimum absolute atomic E-state index is 0.144. The number of ether oxygens (including phenoxy) is 1.